The molecule has 5 heterocycles. The second kappa shape index (κ2) is 6.10. The molecule has 3 amide bonds. The van der Waals surface area contributed by atoms with Gasteiger partial charge in [0.2, 0.25) is 17.7 Å². The zero-order valence-corrected chi connectivity index (χ0v) is 17.2. The summed E-state index contributed by atoms with van der Waals surface area (Å²) in [5.41, 5.74) is 0.846. The smallest absolute Gasteiger partial charge is 0.250 e. The first kappa shape index (κ1) is 18.2. The molecule has 7 rings (SSSR count). The van der Waals surface area contributed by atoms with Crippen LogP contribution in [-0.2, 0) is 19.9 Å². The average molecular weight is 431 g/mol. The molecule has 162 valence electrons. The monoisotopic (exact) mass is 431 g/mol. The van der Waals surface area contributed by atoms with Gasteiger partial charge in [0.15, 0.2) is 11.5 Å². The molecule has 2 aromatic rings. The van der Waals surface area contributed by atoms with Crippen molar-refractivity contribution < 1.29 is 23.9 Å². The second-order valence-electron chi connectivity index (χ2n) is 9.01. The molecule has 1 spiro atoms. The average Bonchev–Trinajstić information content (AvgIpc) is 3.51. The Morgan fingerprint density at radius 1 is 0.969 bits per heavy atom. The number of nitrogens with zero attached hydrogens (tertiary/aromatic N) is 2. The lowest BCUT2D eigenvalue weighted by molar-refractivity contribution is -0.135. The predicted octanol–water partition coefficient (Wildman–Crippen LogP) is 1.89. The van der Waals surface area contributed by atoms with E-state index >= 15 is 0 Å². The Bertz CT molecular complexity index is 1210. The fourth-order valence-corrected chi connectivity index (χ4v) is 6.58. The van der Waals surface area contributed by atoms with Crippen LogP contribution >= 0.6 is 0 Å². The van der Waals surface area contributed by atoms with Gasteiger partial charge in [-0.05, 0) is 37.6 Å². The van der Waals surface area contributed by atoms with E-state index in [1.165, 1.54) is 4.90 Å². The van der Waals surface area contributed by atoms with Crippen molar-refractivity contribution in [3.05, 3.63) is 48.0 Å². The highest BCUT2D eigenvalue weighted by Crippen LogP contribution is 2.60. The molecule has 5 aliphatic heterocycles. The van der Waals surface area contributed by atoms with Crippen LogP contribution in [0.25, 0.3) is 0 Å². The van der Waals surface area contributed by atoms with Crippen molar-refractivity contribution in [2.24, 2.45) is 11.8 Å². The Morgan fingerprint density at radius 2 is 1.78 bits per heavy atom. The maximum Gasteiger partial charge on any atom is 0.250 e. The van der Waals surface area contributed by atoms with Crippen molar-refractivity contribution >= 4 is 29.1 Å². The van der Waals surface area contributed by atoms with Crippen molar-refractivity contribution in [1.29, 1.82) is 0 Å². The van der Waals surface area contributed by atoms with Crippen LogP contribution in [0.2, 0.25) is 0 Å². The first-order chi connectivity index (χ1) is 15.6. The van der Waals surface area contributed by atoms with Gasteiger partial charge < -0.3 is 14.8 Å². The molecule has 2 aromatic carbocycles. The normalized spacial score (nSPS) is 32.3. The zero-order chi connectivity index (χ0) is 21.6. The molecule has 8 heteroatoms. The molecule has 0 radical (unpaired) electrons. The van der Waals surface area contributed by atoms with Crippen molar-refractivity contribution in [2.45, 2.75) is 24.4 Å². The highest BCUT2D eigenvalue weighted by molar-refractivity contribution is 6.26. The zero-order valence-electron chi connectivity index (χ0n) is 17.2. The van der Waals surface area contributed by atoms with E-state index in [9.17, 15) is 14.4 Å². The number of fused-ring (bicyclic) bond motifs is 8. The highest BCUT2D eigenvalue weighted by Gasteiger charge is 2.74. The maximum atomic E-state index is 13.9. The van der Waals surface area contributed by atoms with Crippen LogP contribution in [-0.4, -0.2) is 48.4 Å². The third kappa shape index (κ3) is 1.99. The summed E-state index contributed by atoms with van der Waals surface area (Å²) in [4.78, 5) is 44.6. The van der Waals surface area contributed by atoms with Gasteiger partial charge in [-0.15, -0.1) is 0 Å². The number of rotatable bonds is 1. The van der Waals surface area contributed by atoms with E-state index in [-0.39, 0.29) is 23.8 Å². The number of hydrogen-bond acceptors (Lipinski definition) is 6. The molecule has 0 saturated carbocycles. The molecule has 0 aliphatic carbocycles. The highest BCUT2D eigenvalue weighted by atomic mass is 16.6. The van der Waals surface area contributed by atoms with Gasteiger partial charge in [-0.1, -0.05) is 18.2 Å². The first-order valence-corrected chi connectivity index (χ1v) is 11.1. The number of carbonyl (C=O) groups is 3. The Balaban J connectivity index is 1.39. The predicted molar refractivity (Wildman–Crippen MR) is 113 cm³/mol. The Labute approximate surface area is 184 Å². The van der Waals surface area contributed by atoms with E-state index in [1.54, 1.807) is 18.2 Å². The second-order valence-corrected chi connectivity index (χ2v) is 9.01. The Hall–Kier alpha value is -3.39. The molecule has 8 nitrogen and oxygen atoms in total. The molecule has 4 atom stereocenters. The molecule has 3 saturated heterocycles. The summed E-state index contributed by atoms with van der Waals surface area (Å²) in [5.74, 6) is -0.939. The van der Waals surface area contributed by atoms with Crippen LogP contribution in [0, 0.1) is 11.8 Å². The van der Waals surface area contributed by atoms with Crippen molar-refractivity contribution in [3.8, 4) is 11.5 Å². The largest absolute Gasteiger partial charge is 0.486 e. The van der Waals surface area contributed by atoms with E-state index < -0.39 is 17.4 Å². The van der Waals surface area contributed by atoms with Crippen molar-refractivity contribution in [2.75, 3.05) is 30.0 Å². The van der Waals surface area contributed by atoms with Gasteiger partial charge in [0.05, 0.1) is 17.5 Å². The van der Waals surface area contributed by atoms with Gasteiger partial charge in [0.1, 0.15) is 18.8 Å². The third-order valence-corrected chi connectivity index (χ3v) is 7.68. The minimum Gasteiger partial charge on any atom is -0.486 e. The molecule has 0 bridgehead atoms. The number of hydrogen-bond donors (Lipinski definition) is 1. The molecular weight excluding hydrogens is 410 g/mol. The van der Waals surface area contributed by atoms with Crippen LogP contribution in [0.4, 0.5) is 11.4 Å². The first-order valence-electron chi connectivity index (χ1n) is 11.1. The molecule has 5 aliphatic rings. The van der Waals surface area contributed by atoms with Gasteiger partial charge in [0, 0.05) is 23.4 Å². The minimum atomic E-state index is -1.14. The standard InChI is InChI=1S/C24H21N3O5/c28-21-19-16-6-3-9-26(16)24(14-4-1-2-5-15(14)25-23(24)30)20(19)22(29)27(21)13-7-8-17-18(12-13)32-11-10-31-17/h1-2,4-5,7-8,12,16,19-20H,3,6,9-11H2,(H,25,30). The number of anilines is 2. The fraction of sp³-hybridized carbons (Fsp3) is 0.375. The van der Waals surface area contributed by atoms with E-state index in [0.29, 0.717) is 36.9 Å². The summed E-state index contributed by atoms with van der Waals surface area (Å²) in [6.45, 7) is 1.58. The lowest BCUT2D eigenvalue weighted by Gasteiger charge is -2.36. The Morgan fingerprint density at radius 3 is 2.66 bits per heavy atom. The number of carbonyl (C=O) groups excluding carboxylic acids is 3. The third-order valence-electron chi connectivity index (χ3n) is 7.68. The summed E-state index contributed by atoms with van der Waals surface area (Å²) in [6.07, 6.45) is 1.70. The number of amides is 3. The van der Waals surface area contributed by atoms with Crippen molar-refractivity contribution in [1.82, 2.24) is 4.90 Å². The van der Waals surface area contributed by atoms with E-state index in [0.717, 1.165) is 24.1 Å². The topological polar surface area (TPSA) is 88.2 Å². The van der Waals surface area contributed by atoms with E-state index in [4.69, 9.17) is 9.47 Å². The summed E-state index contributed by atoms with van der Waals surface area (Å²) in [6, 6.07) is 12.5. The lowest BCUT2D eigenvalue weighted by Crippen LogP contribution is -2.54. The fourth-order valence-electron chi connectivity index (χ4n) is 6.58. The SMILES string of the molecule is O=C1C2C3CCCN3C3(C(=O)Nc4ccccc43)C2C(=O)N1c1ccc2c(c1)OCCO2. The lowest BCUT2D eigenvalue weighted by atomic mass is 9.75. The summed E-state index contributed by atoms with van der Waals surface area (Å²) in [5, 5.41) is 2.99. The van der Waals surface area contributed by atoms with Gasteiger partial charge in [-0.2, -0.15) is 0 Å². The minimum absolute atomic E-state index is 0.129. The van der Waals surface area contributed by atoms with E-state index in [1.807, 2.05) is 24.3 Å². The number of nitrogens with one attached hydrogen (secondary N) is 1. The number of benzene rings is 2. The van der Waals surface area contributed by atoms with Gasteiger partial charge in [0.25, 0.3) is 0 Å². The van der Waals surface area contributed by atoms with Crippen LogP contribution in [0.15, 0.2) is 42.5 Å². The van der Waals surface area contributed by atoms with E-state index in [2.05, 4.69) is 10.2 Å². The molecule has 1 N–H and O–H groups in total. The molecular formula is C24H21N3O5. The van der Waals surface area contributed by atoms with Crippen LogP contribution in [0.1, 0.15) is 18.4 Å². The molecule has 4 unspecified atom stereocenters. The van der Waals surface area contributed by atoms with Gasteiger partial charge in [-0.3, -0.25) is 19.3 Å². The van der Waals surface area contributed by atoms with Gasteiger partial charge in [-0.25, -0.2) is 4.90 Å². The van der Waals surface area contributed by atoms with Crippen LogP contribution < -0.4 is 19.7 Å². The number of para-hydroxylation sites is 1. The number of imide groups is 1. The van der Waals surface area contributed by atoms with Crippen LogP contribution in [0.3, 0.4) is 0 Å². The summed E-state index contributed by atoms with van der Waals surface area (Å²) >= 11 is 0. The Kier molecular flexibility index (Phi) is 3.47. The molecule has 32 heavy (non-hydrogen) atoms. The van der Waals surface area contributed by atoms with Crippen LogP contribution in [0.5, 0.6) is 11.5 Å². The van der Waals surface area contributed by atoms with Crippen molar-refractivity contribution in [3.63, 3.8) is 0 Å². The quantitative estimate of drug-likeness (QED) is 0.694. The summed E-state index contributed by atoms with van der Waals surface area (Å²) in [7, 11) is 0. The summed E-state index contributed by atoms with van der Waals surface area (Å²) < 4.78 is 11.3. The molecule has 3 fully saturated rings. The maximum absolute atomic E-state index is 13.9. The number of ether oxygens (including phenoxy) is 2. The van der Waals surface area contributed by atoms with Gasteiger partial charge >= 0.3 is 0 Å². The molecule has 0 aromatic heterocycles.